The number of pyridine rings is 1. The molecule has 1 aromatic carbocycles. The molecule has 162 valence electrons. The van der Waals surface area contributed by atoms with E-state index in [9.17, 15) is 4.79 Å². The van der Waals surface area contributed by atoms with Gasteiger partial charge in [0.05, 0.1) is 5.52 Å². The Kier molecular flexibility index (Phi) is 5.31. The van der Waals surface area contributed by atoms with Crippen molar-refractivity contribution in [1.29, 1.82) is 0 Å². The number of ketones is 1. The molecule has 5 rings (SSSR count). The molecule has 0 saturated carbocycles. The lowest BCUT2D eigenvalue weighted by molar-refractivity contribution is 0.0992. The quantitative estimate of drug-likeness (QED) is 0.485. The Bertz CT molecular complexity index is 1270. The van der Waals surface area contributed by atoms with E-state index in [2.05, 4.69) is 14.5 Å². The fourth-order valence-corrected chi connectivity index (χ4v) is 4.30. The zero-order valence-corrected chi connectivity index (χ0v) is 18.2. The van der Waals surface area contributed by atoms with Gasteiger partial charge in [0.1, 0.15) is 11.3 Å². The van der Waals surface area contributed by atoms with Gasteiger partial charge >= 0.3 is 0 Å². The van der Waals surface area contributed by atoms with Crippen molar-refractivity contribution in [2.45, 2.75) is 25.7 Å². The van der Waals surface area contributed by atoms with E-state index in [4.69, 9.17) is 15.7 Å². The molecule has 4 aromatic rings. The third-order valence-corrected chi connectivity index (χ3v) is 6.02. The van der Waals surface area contributed by atoms with Gasteiger partial charge in [-0.2, -0.15) is 0 Å². The second kappa shape index (κ2) is 8.42. The Morgan fingerprint density at radius 2 is 1.91 bits per heavy atom. The summed E-state index contributed by atoms with van der Waals surface area (Å²) in [4.78, 5) is 28.9. The van der Waals surface area contributed by atoms with Gasteiger partial charge in [-0.1, -0.05) is 18.2 Å². The number of hydrogen-bond donors (Lipinski definition) is 1. The third kappa shape index (κ3) is 3.93. The number of hydrogen-bond acceptors (Lipinski definition) is 6. The summed E-state index contributed by atoms with van der Waals surface area (Å²) < 4.78 is 2.10. The molecule has 2 N–H and O–H groups in total. The smallest absolute Gasteiger partial charge is 0.168 e. The predicted octanol–water partition coefficient (Wildman–Crippen LogP) is 4.03. The Morgan fingerprint density at radius 3 is 2.69 bits per heavy atom. The van der Waals surface area contributed by atoms with Crippen LogP contribution in [0.4, 0.5) is 11.6 Å². The number of rotatable bonds is 5. The fourth-order valence-electron chi connectivity index (χ4n) is 4.30. The summed E-state index contributed by atoms with van der Waals surface area (Å²) in [5, 5.41) is 0. The monoisotopic (exact) mass is 426 g/mol. The maximum absolute atomic E-state index is 12.7. The highest BCUT2D eigenvalue weighted by Gasteiger charge is 2.20. The van der Waals surface area contributed by atoms with E-state index in [0.717, 1.165) is 41.1 Å². The van der Waals surface area contributed by atoms with Crippen LogP contribution in [0.15, 0.2) is 54.9 Å². The van der Waals surface area contributed by atoms with E-state index in [1.807, 2.05) is 43.6 Å². The van der Waals surface area contributed by atoms with Crippen molar-refractivity contribution in [3.63, 3.8) is 0 Å². The summed E-state index contributed by atoms with van der Waals surface area (Å²) in [5.41, 5.74) is 10.0. The van der Waals surface area contributed by atoms with Crippen molar-refractivity contribution in [3.05, 3.63) is 66.0 Å². The van der Waals surface area contributed by atoms with Crippen LogP contribution in [-0.4, -0.2) is 38.4 Å². The highest BCUT2D eigenvalue weighted by Crippen LogP contribution is 2.30. The van der Waals surface area contributed by atoms with Crippen molar-refractivity contribution >= 4 is 28.5 Å². The second-order valence-electron chi connectivity index (χ2n) is 8.35. The van der Waals surface area contributed by atoms with Gasteiger partial charge in [-0.3, -0.25) is 4.79 Å². The summed E-state index contributed by atoms with van der Waals surface area (Å²) in [6.07, 6.45) is 7.48. The lowest BCUT2D eigenvalue weighted by atomic mass is 10.0. The van der Waals surface area contributed by atoms with Crippen LogP contribution in [0.5, 0.6) is 0 Å². The largest absolute Gasteiger partial charge is 0.384 e. The molecule has 0 amide bonds. The average molecular weight is 427 g/mol. The van der Waals surface area contributed by atoms with Gasteiger partial charge in [-0.05, 0) is 49.1 Å². The molecule has 0 radical (unpaired) electrons. The average Bonchev–Trinajstić information content (AvgIpc) is 3.20. The normalized spacial score (nSPS) is 14.1. The van der Waals surface area contributed by atoms with Crippen LogP contribution in [0.25, 0.3) is 22.4 Å². The summed E-state index contributed by atoms with van der Waals surface area (Å²) in [6, 6.07) is 13.3. The van der Waals surface area contributed by atoms with Crippen molar-refractivity contribution in [1.82, 2.24) is 19.5 Å². The van der Waals surface area contributed by atoms with Crippen molar-refractivity contribution < 1.29 is 4.79 Å². The predicted molar refractivity (Wildman–Crippen MR) is 127 cm³/mol. The molecule has 32 heavy (non-hydrogen) atoms. The third-order valence-electron chi connectivity index (χ3n) is 6.02. The van der Waals surface area contributed by atoms with Gasteiger partial charge in [0.25, 0.3) is 0 Å². The van der Waals surface area contributed by atoms with Crippen LogP contribution >= 0.6 is 0 Å². The number of piperidine rings is 1. The molecule has 0 atom stereocenters. The highest BCUT2D eigenvalue weighted by atomic mass is 16.1. The summed E-state index contributed by atoms with van der Waals surface area (Å²) in [7, 11) is 2.04. The van der Waals surface area contributed by atoms with Crippen molar-refractivity contribution in [2.75, 3.05) is 23.7 Å². The van der Waals surface area contributed by atoms with Gasteiger partial charge in [0.15, 0.2) is 17.4 Å². The molecular weight excluding hydrogens is 400 g/mol. The molecule has 0 spiro atoms. The minimum Gasteiger partial charge on any atom is -0.384 e. The molecule has 7 heteroatoms. The summed E-state index contributed by atoms with van der Waals surface area (Å²) in [5.74, 6) is 2.09. The number of nitrogen functional groups attached to an aromatic ring is 1. The molecule has 0 unspecified atom stereocenters. The van der Waals surface area contributed by atoms with E-state index in [-0.39, 0.29) is 12.2 Å². The van der Waals surface area contributed by atoms with Crippen molar-refractivity contribution in [3.8, 4) is 11.4 Å². The molecule has 3 aromatic heterocycles. The number of aromatic nitrogens is 4. The van der Waals surface area contributed by atoms with Crippen LogP contribution in [-0.2, 0) is 13.5 Å². The highest BCUT2D eigenvalue weighted by molar-refractivity contribution is 5.97. The molecule has 4 heterocycles. The number of anilines is 2. The van der Waals surface area contributed by atoms with E-state index < -0.39 is 0 Å². The van der Waals surface area contributed by atoms with Gasteiger partial charge in [0, 0.05) is 50.1 Å². The molecule has 1 fully saturated rings. The number of nitrogens with zero attached hydrogens (tertiary/aromatic N) is 5. The van der Waals surface area contributed by atoms with Crippen LogP contribution in [0, 0.1) is 0 Å². The van der Waals surface area contributed by atoms with E-state index in [0.29, 0.717) is 17.2 Å². The standard InChI is InChI=1S/C25H26N6O/c1-30-13-10-20-23(30)25(31-11-3-2-4-12-31)29-24(28-20)18-7-5-6-17(14-18)15-21(32)19-8-9-22(26)27-16-19/h5-10,13-14,16H,2-4,11-12,15H2,1H3,(H2,26,27). The summed E-state index contributed by atoms with van der Waals surface area (Å²) in [6.45, 7) is 2.03. The Morgan fingerprint density at radius 1 is 1.06 bits per heavy atom. The maximum Gasteiger partial charge on any atom is 0.168 e. The maximum atomic E-state index is 12.7. The Balaban J connectivity index is 1.49. The lowest BCUT2D eigenvalue weighted by Gasteiger charge is -2.28. The second-order valence-corrected chi connectivity index (χ2v) is 8.35. The van der Waals surface area contributed by atoms with Crippen LogP contribution < -0.4 is 10.6 Å². The first kappa shape index (κ1) is 20.2. The first-order chi connectivity index (χ1) is 15.6. The summed E-state index contributed by atoms with van der Waals surface area (Å²) >= 11 is 0. The first-order valence-electron chi connectivity index (χ1n) is 11.0. The number of fused-ring (bicyclic) bond motifs is 1. The molecule has 1 aliphatic rings. The van der Waals surface area contributed by atoms with Gasteiger partial charge in [0.2, 0.25) is 0 Å². The zero-order chi connectivity index (χ0) is 22.1. The number of Topliss-reactive ketones (excluding diaryl/α,β-unsaturated/α-hetero) is 1. The van der Waals surface area contributed by atoms with Crippen LogP contribution in [0.3, 0.4) is 0 Å². The molecule has 0 aliphatic carbocycles. The molecule has 7 nitrogen and oxygen atoms in total. The first-order valence-corrected chi connectivity index (χ1v) is 11.0. The van der Waals surface area contributed by atoms with Crippen molar-refractivity contribution in [2.24, 2.45) is 7.05 Å². The van der Waals surface area contributed by atoms with Crippen LogP contribution in [0.1, 0.15) is 35.2 Å². The molecular formula is C25H26N6O. The molecule has 1 saturated heterocycles. The number of aryl methyl sites for hydroxylation is 1. The fraction of sp³-hybridized carbons (Fsp3) is 0.280. The lowest BCUT2D eigenvalue weighted by Crippen LogP contribution is -2.30. The van der Waals surface area contributed by atoms with Gasteiger partial charge in [-0.15, -0.1) is 0 Å². The minimum absolute atomic E-state index is 0.00286. The minimum atomic E-state index is 0.00286. The topological polar surface area (TPSA) is 89.9 Å². The van der Waals surface area contributed by atoms with Gasteiger partial charge in [-0.25, -0.2) is 15.0 Å². The van der Waals surface area contributed by atoms with E-state index in [1.54, 1.807) is 12.1 Å². The number of nitrogens with two attached hydrogens (primary N) is 1. The van der Waals surface area contributed by atoms with E-state index >= 15 is 0 Å². The SMILES string of the molecule is Cn1ccc2nc(-c3cccc(CC(=O)c4ccc(N)nc4)c3)nc(N3CCCCC3)c21. The van der Waals surface area contributed by atoms with E-state index in [1.165, 1.54) is 25.5 Å². The van der Waals surface area contributed by atoms with Gasteiger partial charge < -0.3 is 15.2 Å². The number of carbonyl (C=O) groups is 1. The Hall–Kier alpha value is -3.74. The number of carbonyl (C=O) groups excluding carboxylic acids is 1. The van der Waals surface area contributed by atoms with Crippen LogP contribution in [0.2, 0.25) is 0 Å². The Labute approximate surface area is 186 Å². The number of benzene rings is 1. The molecule has 1 aliphatic heterocycles. The molecule has 0 bridgehead atoms. The zero-order valence-electron chi connectivity index (χ0n) is 18.2.